The molecule has 0 spiro atoms. The van der Waals surface area contributed by atoms with Gasteiger partial charge in [0.05, 0.1) is 24.1 Å². The Morgan fingerprint density at radius 2 is 1.63 bits per heavy atom. The van der Waals surface area contributed by atoms with Crippen molar-refractivity contribution in [2.45, 2.75) is 175 Å². The minimum absolute atomic E-state index is 0. The standard InChI is InChI=1S/C36H48N4O7S.C5H9F3N2O.3C2H6.4H2/c1-5-16-46-30-21-37-33(28-13-9-8-12-27(28)30)47-26-19-29-32(42)38-36(34(43)39-48(44,45)35(4)14-15-35)20-25(36)11-7-6-10-23(2)17-24(3)18-31(41)40(29)22-26;1-4(2,5(6,7)8)10-3(9)11;3*1-2;;;;/h7-9,11-13,21,23-26,29H,5-6,10,14-20,22H2,1-4H3,(H,38,42)(H,39,43);1-2H3,(H3,9,10,11);3*1-2H3;4*1H/b11-7-;;;;;;;;/t23-,24+,25+,26+,29-,36+;;;;;;;;/m0......../s1. The lowest BCUT2D eigenvalue weighted by Crippen LogP contribution is -2.57. The number of primary amides is 1. The quantitative estimate of drug-likeness (QED) is 0.177. The van der Waals surface area contributed by atoms with Crippen LogP contribution >= 0.6 is 0 Å². The van der Waals surface area contributed by atoms with E-state index < -0.39 is 62.0 Å². The van der Waals surface area contributed by atoms with Crippen LogP contribution in [0.3, 0.4) is 0 Å². The first-order chi connectivity index (χ1) is 30.5. The summed E-state index contributed by atoms with van der Waals surface area (Å²) in [6, 6.07) is 5.58. The van der Waals surface area contributed by atoms with Crippen molar-refractivity contribution in [2.24, 2.45) is 23.5 Å². The Balaban J connectivity index is -0.00000181. The molecule has 6 atom stereocenters. The molecule has 2 aliphatic carbocycles. The van der Waals surface area contributed by atoms with Gasteiger partial charge in [0.1, 0.15) is 29.0 Å². The predicted molar refractivity (Wildman–Crippen MR) is 257 cm³/mol. The summed E-state index contributed by atoms with van der Waals surface area (Å²) >= 11 is 0. The van der Waals surface area contributed by atoms with Crippen molar-refractivity contribution in [1.29, 1.82) is 0 Å². The van der Waals surface area contributed by atoms with Gasteiger partial charge in [0.2, 0.25) is 27.7 Å². The number of carbonyl (C=O) groups is 4. The Morgan fingerprint density at radius 1 is 1.02 bits per heavy atom. The zero-order valence-electron chi connectivity index (χ0n) is 40.5. The number of rotatable bonds is 9. The number of pyridine rings is 1. The summed E-state index contributed by atoms with van der Waals surface area (Å²) in [4.78, 5) is 57.9. The molecule has 376 valence electrons. The zero-order chi connectivity index (χ0) is 49.6. The molecule has 18 heteroatoms. The van der Waals surface area contributed by atoms with E-state index in [4.69, 9.17) is 9.47 Å². The first-order valence-electron chi connectivity index (χ1n) is 23.2. The highest BCUT2D eigenvalue weighted by atomic mass is 32.2. The van der Waals surface area contributed by atoms with E-state index in [1.54, 1.807) is 23.3 Å². The molecule has 6 rings (SSSR count). The van der Waals surface area contributed by atoms with E-state index in [-0.39, 0.29) is 49.3 Å². The number of alkyl halides is 3. The van der Waals surface area contributed by atoms with Gasteiger partial charge >= 0.3 is 12.2 Å². The van der Waals surface area contributed by atoms with Gasteiger partial charge in [0.25, 0.3) is 5.91 Å². The van der Waals surface area contributed by atoms with Gasteiger partial charge in [-0.15, -0.1) is 0 Å². The molecule has 65 heavy (non-hydrogen) atoms. The van der Waals surface area contributed by atoms with Crippen molar-refractivity contribution in [3.63, 3.8) is 0 Å². The first kappa shape index (κ1) is 56.5. The summed E-state index contributed by atoms with van der Waals surface area (Å²) < 4.78 is 75.5. The number of carbonyl (C=O) groups excluding carboxylic acids is 4. The number of amides is 5. The number of benzene rings is 1. The third-order valence-electron chi connectivity index (χ3n) is 11.6. The second kappa shape index (κ2) is 24.2. The molecule has 1 aromatic heterocycles. The third kappa shape index (κ3) is 14.7. The van der Waals surface area contributed by atoms with Gasteiger partial charge in [-0.05, 0) is 83.6 Å². The number of hydrogen-bond acceptors (Lipinski definition) is 9. The number of nitrogens with one attached hydrogen (secondary N) is 3. The van der Waals surface area contributed by atoms with Crippen molar-refractivity contribution in [2.75, 3.05) is 13.2 Å². The molecule has 5 amide bonds. The highest BCUT2D eigenvalue weighted by molar-refractivity contribution is 7.91. The van der Waals surface area contributed by atoms with Crippen molar-refractivity contribution in [3.8, 4) is 11.6 Å². The van der Waals surface area contributed by atoms with Crippen molar-refractivity contribution >= 4 is 44.5 Å². The Morgan fingerprint density at radius 3 is 2.18 bits per heavy atom. The molecule has 14 nitrogen and oxygen atoms in total. The molecule has 0 unspecified atom stereocenters. The zero-order valence-corrected chi connectivity index (χ0v) is 41.3. The lowest BCUT2D eigenvalue weighted by atomic mass is 9.91. The van der Waals surface area contributed by atoms with E-state index >= 15 is 0 Å². The SMILES string of the molecule is CC.CC.CC.CC(C)(NC(N)=O)C(F)(F)F.CCCOc1cnc(O[C@@H]2C[C@H]3C(=O)N[C@]4(C(=O)NS(=O)(=O)C5(C)CC5)C[C@H]4/C=C\CC[C@H](C)C[C@@H](C)CC(=O)N3C2)c2ccccc12.[HH].[HH].[HH].[HH]. The van der Waals surface area contributed by atoms with E-state index in [9.17, 15) is 40.8 Å². The number of halogens is 3. The van der Waals surface area contributed by atoms with E-state index in [0.29, 0.717) is 37.0 Å². The van der Waals surface area contributed by atoms with Gasteiger partial charge < -0.3 is 30.7 Å². The van der Waals surface area contributed by atoms with Crippen LogP contribution in [0.5, 0.6) is 11.6 Å². The number of hydrogen-bond donors (Lipinski definition) is 4. The first-order valence-corrected chi connectivity index (χ1v) is 24.7. The fourth-order valence-corrected chi connectivity index (χ4v) is 8.83. The van der Waals surface area contributed by atoms with Gasteiger partial charge in [0, 0.05) is 35.2 Å². The smallest absolute Gasteiger partial charge is 0.411 e. The Labute approximate surface area is 390 Å². The maximum Gasteiger partial charge on any atom is 0.411 e. The van der Waals surface area contributed by atoms with Gasteiger partial charge in [0.15, 0.2) is 0 Å². The minimum Gasteiger partial charge on any atom is -0.491 e. The lowest BCUT2D eigenvalue weighted by Gasteiger charge is -2.28. The summed E-state index contributed by atoms with van der Waals surface area (Å²) in [5.74, 6) is -0.179. The van der Waals surface area contributed by atoms with E-state index in [2.05, 4.69) is 34.6 Å². The fourth-order valence-electron chi connectivity index (χ4n) is 7.52. The van der Waals surface area contributed by atoms with Gasteiger partial charge in [-0.3, -0.25) is 19.1 Å². The van der Waals surface area contributed by atoms with Crippen molar-refractivity contribution in [3.05, 3.63) is 42.6 Å². The molecule has 2 aromatic rings. The number of urea groups is 1. The fraction of sp³-hybridized carbons (Fsp3) is 0.681. The average molecular weight is 949 g/mol. The molecule has 2 aliphatic heterocycles. The lowest BCUT2D eigenvalue weighted by molar-refractivity contribution is -0.182. The van der Waals surface area contributed by atoms with Crippen LogP contribution in [0.15, 0.2) is 42.6 Å². The Hall–Kier alpha value is -4.61. The highest BCUT2D eigenvalue weighted by Crippen LogP contribution is 2.48. The molecule has 0 bridgehead atoms. The topological polar surface area (TPSA) is 199 Å². The largest absolute Gasteiger partial charge is 0.491 e. The summed E-state index contributed by atoms with van der Waals surface area (Å²) in [6.45, 7) is 22.3. The summed E-state index contributed by atoms with van der Waals surface area (Å²) in [6.07, 6.45) is 5.74. The molecule has 2 saturated carbocycles. The van der Waals surface area contributed by atoms with Crippen LogP contribution in [0.1, 0.15) is 147 Å². The van der Waals surface area contributed by atoms with Crippen LogP contribution in [-0.4, -0.2) is 89.4 Å². The number of sulfonamides is 1. The van der Waals surface area contributed by atoms with Crippen molar-refractivity contribution in [1.82, 2.24) is 25.2 Å². The Bertz CT molecular complexity index is 2070. The summed E-state index contributed by atoms with van der Waals surface area (Å²) in [7, 11) is -3.91. The van der Waals surface area contributed by atoms with Crippen LogP contribution in [0.2, 0.25) is 0 Å². The molecule has 0 radical (unpaired) electrons. The molecule has 1 aromatic carbocycles. The molecular weight excluding hydrogens is 866 g/mol. The number of ether oxygens (including phenoxy) is 2. The number of fused-ring (bicyclic) bond motifs is 3. The number of allylic oxidation sites excluding steroid dienone is 1. The van der Waals surface area contributed by atoms with Crippen LogP contribution in [0, 0.1) is 17.8 Å². The number of aromatic nitrogens is 1. The molecule has 3 heterocycles. The number of nitrogens with two attached hydrogens (primary N) is 1. The molecular formula is C47H83F3N6O8S. The van der Waals surface area contributed by atoms with E-state index in [1.807, 2.05) is 84.9 Å². The predicted octanol–water partition coefficient (Wildman–Crippen LogP) is 9.71. The maximum atomic E-state index is 14.1. The number of nitrogens with zero attached hydrogens (tertiary/aromatic N) is 2. The molecule has 3 fully saturated rings. The Kier molecular flexibility index (Phi) is 21.1. The van der Waals surface area contributed by atoms with Crippen LogP contribution < -0.4 is 30.6 Å². The summed E-state index contributed by atoms with van der Waals surface area (Å²) in [5.41, 5.74) is 0.848. The minimum atomic E-state index is -4.48. The van der Waals surface area contributed by atoms with Gasteiger partial charge in [-0.1, -0.05) is 92.7 Å². The summed E-state index contributed by atoms with van der Waals surface area (Å²) in [5, 5.41) is 6.13. The highest BCUT2D eigenvalue weighted by Gasteiger charge is 2.63. The average Bonchev–Trinajstić information content (AvgIpc) is 4.13. The van der Waals surface area contributed by atoms with E-state index in [0.717, 1.165) is 50.3 Å². The van der Waals surface area contributed by atoms with Crippen LogP contribution in [0.4, 0.5) is 18.0 Å². The van der Waals surface area contributed by atoms with Crippen molar-refractivity contribution < 1.29 is 55.9 Å². The normalized spacial score (nSPS) is 25.3. The van der Waals surface area contributed by atoms with Gasteiger partial charge in [-0.25, -0.2) is 18.2 Å². The molecule has 5 N–H and O–H groups in total. The molecule has 4 aliphatic rings. The molecule has 1 saturated heterocycles. The van der Waals surface area contributed by atoms with Gasteiger partial charge in [-0.2, -0.15) is 13.2 Å². The van der Waals surface area contributed by atoms with Crippen LogP contribution in [-0.2, 0) is 24.4 Å². The maximum absolute atomic E-state index is 14.1. The second-order valence-electron chi connectivity index (χ2n) is 17.3. The monoisotopic (exact) mass is 949 g/mol. The van der Waals surface area contributed by atoms with E-state index in [1.165, 1.54) is 0 Å². The third-order valence-corrected chi connectivity index (χ3v) is 13.8. The van der Waals surface area contributed by atoms with Crippen LogP contribution in [0.25, 0.3) is 10.8 Å². The second-order valence-corrected chi connectivity index (χ2v) is 19.5.